The van der Waals surface area contributed by atoms with Crippen molar-refractivity contribution in [2.75, 3.05) is 13.2 Å². The Morgan fingerprint density at radius 2 is 1.91 bits per heavy atom. The Morgan fingerprint density at radius 1 is 1.12 bits per heavy atom. The Hall–Kier alpha value is -3.49. The van der Waals surface area contributed by atoms with Crippen LogP contribution in [0.1, 0.15) is 42.9 Å². The van der Waals surface area contributed by atoms with Crippen LogP contribution in [0.2, 0.25) is 0 Å². The fraction of sp³-hybridized carbons (Fsp3) is 0.348. The Kier molecular flexibility index (Phi) is 7.75. The molecule has 2 aromatic rings. The summed E-state index contributed by atoms with van der Waals surface area (Å²) in [6.07, 6.45) is 0.713. The molecule has 2 aromatic carbocycles. The summed E-state index contributed by atoms with van der Waals surface area (Å²) in [5.41, 5.74) is 1.74. The first-order valence-corrected chi connectivity index (χ1v) is 10.2. The number of hydrogen-bond acceptors (Lipinski definition) is 6. The third-order valence-corrected chi connectivity index (χ3v) is 4.38. The van der Waals surface area contributed by atoms with Gasteiger partial charge in [-0.1, -0.05) is 12.1 Å². The molecule has 2 N–H and O–H groups in total. The van der Waals surface area contributed by atoms with Crippen LogP contribution in [0.25, 0.3) is 0 Å². The van der Waals surface area contributed by atoms with E-state index >= 15 is 0 Å². The minimum Gasteiger partial charge on any atom is -0.493 e. The zero-order valence-electron chi connectivity index (χ0n) is 18.1. The fourth-order valence-electron chi connectivity index (χ4n) is 3.07. The average molecular weight is 448 g/mol. The highest BCUT2D eigenvalue weighted by Crippen LogP contribution is 2.34. The maximum Gasteiger partial charge on any atom is 0.387 e. The Labute approximate surface area is 185 Å². The predicted molar refractivity (Wildman–Crippen MR) is 114 cm³/mol. The van der Waals surface area contributed by atoms with E-state index < -0.39 is 12.8 Å². The topological polar surface area (TPSA) is 78.1 Å². The van der Waals surface area contributed by atoms with E-state index in [-0.39, 0.29) is 30.1 Å². The number of carbonyl (C=O) groups is 1. The van der Waals surface area contributed by atoms with Crippen LogP contribution in [0.3, 0.4) is 0 Å². The van der Waals surface area contributed by atoms with Crippen molar-refractivity contribution in [3.05, 3.63) is 65.6 Å². The molecule has 1 heterocycles. The predicted octanol–water partition coefficient (Wildman–Crippen LogP) is 4.36. The first-order chi connectivity index (χ1) is 15.4. The summed E-state index contributed by atoms with van der Waals surface area (Å²) in [6, 6.07) is 11.6. The smallest absolute Gasteiger partial charge is 0.387 e. The van der Waals surface area contributed by atoms with E-state index in [4.69, 9.17) is 14.2 Å². The van der Waals surface area contributed by atoms with Crippen molar-refractivity contribution in [3.8, 4) is 17.2 Å². The van der Waals surface area contributed by atoms with Crippen molar-refractivity contribution in [2.24, 2.45) is 0 Å². The van der Waals surface area contributed by atoms with Crippen LogP contribution in [0.5, 0.6) is 17.2 Å². The number of carbonyl (C=O) groups excluding carboxylic acids is 1. The van der Waals surface area contributed by atoms with Gasteiger partial charge in [0.25, 0.3) is 5.91 Å². The molecule has 172 valence electrons. The van der Waals surface area contributed by atoms with E-state index in [2.05, 4.69) is 15.4 Å². The molecule has 0 spiro atoms. The highest BCUT2D eigenvalue weighted by Gasteiger charge is 2.23. The Morgan fingerprint density at radius 3 is 2.62 bits per heavy atom. The van der Waals surface area contributed by atoms with Gasteiger partial charge in [0.15, 0.2) is 17.7 Å². The molecule has 1 atom stereocenters. The van der Waals surface area contributed by atoms with Gasteiger partial charge < -0.3 is 29.6 Å². The van der Waals surface area contributed by atoms with E-state index in [0.717, 1.165) is 0 Å². The van der Waals surface area contributed by atoms with Crippen LogP contribution in [-0.2, 0) is 4.74 Å². The van der Waals surface area contributed by atoms with Gasteiger partial charge in [-0.15, -0.1) is 0 Å². The van der Waals surface area contributed by atoms with Gasteiger partial charge in [-0.25, -0.2) is 0 Å². The van der Waals surface area contributed by atoms with Gasteiger partial charge in [0.05, 0.1) is 30.5 Å². The van der Waals surface area contributed by atoms with E-state index in [1.54, 1.807) is 50.2 Å². The van der Waals surface area contributed by atoms with Crippen molar-refractivity contribution in [1.82, 2.24) is 10.6 Å². The van der Waals surface area contributed by atoms with E-state index in [1.165, 1.54) is 12.3 Å². The number of amides is 1. The van der Waals surface area contributed by atoms with Gasteiger partial charge in [-0.2, -0.15) is 8.78 Å². The third kappa shape index (κ3) is 6.03. The van der Waals surface area contributed by atoms with Crippen LogP contribution in [0, 0.1) is 0 Å². The molecule has 1 aliphatic heterocycles. The Balaban J connectivity index is 1.62. The standard InChI is InChI=1S/C23H26F2N2O5/c1-4-29-18-8-6-5-7-17(18)21(28)26-12-16-13-30-22(27-16)15-9-10-19(32-23(24)25)20(11-15)31-14(2)3/h5-11,13-14,22-23,27H,4,12H2,1-3H3,(H,26,28). The normalized spacial score (nSPS) is 15.1. The number of alkyl halides is 2. The molecule has 1 amide bonds. The number of benzene rings is 2. The molecule has 0 saturated heterocycles. The molecule has 0 radical (unpaired) electrons. The second-order valence-corrected chi connectivity index (χ2v) is 7.17. The maximum atomic E-state index is 12.7. The van der Waals surface area contributed by atoms with Crippen LogP contribution in [0.15, 0.2) is 54.4 Å². The zero-order valence-corrected chi connectivity index (χ0v) is 18.1. The number of para-hydroxylation sites is 1. The third-order valence-electron chi connectivity index (χ3n) is 4.38. The lowest BCUT2D eigenvalue weighted by molar-refractivity contribution is -0.0519. The highest BCUT2D eigenvalue weighted by atomic mass is 19.3. The molecule has 0 aliphatic carbocycles. The number of halogens is 2. The molecule has 32 heavy (non-hydrogen) atoms. The van der Waals surface area contributed by atoms with Gasteiger partial charge in [0, 0.05) is 5.56 Å². The van der Waals surface area contributed by atoms with E-state index in [9.17, 15) is 13.6 Å². The van der Waals surface area contributed by atoms with Gasteiger partial charge >= 0.3 is 6.61 Å². The molecule has 7 nitrogen and oxygen atoms in total. The summed E-state index contributed by atoms with van der Waals surface area (Å²) in [5, 5.41) is 5.97. The molecule has 0 bridgehead atoms. The summed E-state index contributed by atoms with van der Waals surface area (Å²) in [5.74, 6) is 0.376. The molecular formula is C23H26F2N2O5. The molecule has 0 saturated carbocycles. The molecule has 3 rings (SSSR count). The second-order valence-electron chi connectivity index (χ2n) is 7.17. The molecule has 1 unspecified atom stereocenters. The number of nitrogens with one attached hydrogen (secondary N) is 2. The van der Waals surface area contributed by atoms with Crippen LogP contribution in [-0.4, -0.2) is 31.8 Å². The van der Waals surface area contributed by atoms with Gasteiger partial charge in [0.1, 0.15) is 12.0 Å². The van der Waals surface area contributed by atoms with Crippen molar-refractivity contribution in [3.63, 3.8) is 0 Å². The SMILES string of the molecule is CCOc1ccccc1C(=O)NCC1=COC(c2ccc(OC(F)F)c(OC(C)C)c2)N1. The summed E-state index contributed by atoms with van der Waals surface area (Å²) in [7, 11) is 0. The minimum absolute atomic E-state index is 0.0520. The monoisotopic (exact) mass is 448 g/mol. The highest BCUT2D eigenvalue weighted by molar-refractivity contribution is 5.97. The van der Waals surface area contributed by atoms with Gasteiger partial charge in [-0.05, 0) is 51.1 Å². The number of rotatable bonds is 10. The lowest BCUT2D eigenvalue weighted by Crippen LogP contribution is -2.30. The number of ether oxygens (including phenoxy) is 4. The first-order valence-electron chi connectivity index (χ1n) is 10.2. The summed E-state index contributed by atoms with van der Waals surface area (Å²) >= 11 is 0. The molecule has 0 aromatic heterocycles. The average Bonchev–Trinajstić information content (AvgIpc) is 3.22. The van der Waals surface area contributed by atoms with Crippen molar-refractivity contribution < 1.29 is 32.5 Å². The number of hydrogen-bond donors (Lipinski definition) is 2. The molecule has 1 aliphatic rings. The Bertz CT molecular complexity index is 965. The summed E-state index contributed by atoms with van der Waals surface area (Å²) < 4.78 is 46.6. The largest absolute Gasteiger partial charge is 0.493 e. The zero-order chi connectivity index (χ0) is 23.1. The van der Waals surface area contributed by atoms with Crippen molar-refractivity contribution in [2.45, 2.75) is 39.7 Å². The lowest BCUT2D eigenvalue weighted by atomic mass is 10.1. The van der Waals surface area contributed by atoms with Crippen LogP contribution < -0.4 is 24.8 Å². The summed E-state index contributed by atoms with van der Waals surface area (Å²) in [4.78, 5) is 12.5. The quantitative estimate of drug-likeness (QED) is 0.562. The molecular weight excluding hydrogens is 422 g/mol. The van der Waals surface area contributed by atoms with Crippen LogP contribution in [0.4, 0.5) is 8.78 Å². The van der Waals surface area contributed by atoms with Gasteiger partial charge in [0.2, 0.25) is 0 Å². The molecule has 0 fully saturated rings. The van der Waals surface area contributed by atoms with Crippen molar-refractivity contribution in [1.29, 1.82) is 0 Å². The van der Waals surface area contributed by atoms with Gasteiger partial charge in [-0.3, -0.25) is 4.79 Å². The second kappa shape index (κ2) is 10.7. The minimum atomic E-state index is -2.96. The van der Waals surface area contributed by atoms with Crippen molar-refractivity contribution >= 4 is 5.91 Å². The summed E-state index contributed by atoms with van der Waals surface area (Å²) in [6.45, 7) is 3.13. The first kappa shape index (κ1) is 23.2. The molecule has 9 heteroatoms. The fourth-order valence-corrected chi connectivity index (χ4v) is 3.07. The van der Waals surface area contributed by atoms with Crippen LogP contribution >= 0.6 is 0 Å². The van der Waals surface area contributed by atoms with E-state index in [1.807, 2.05) is 6.92 Å². The lowest BCUT2D eigenvalue weighted by Gasteiger charge is -2.18. The van der Waals surface area contributed by atoms with E-state index in [0.29, 0.717) is 29.2 Å². The maximum absolute atomic E-state index is 12.7.